The Bertz CT molecular complexity index is 397. The van der Waals surface area contributed by atoms with Crippen molar-refractivity contribution in [1.82, 2.24) is 9.55 Å². The van der Waals surface area contributed by atoms with Crippen molar-refractivity contribution >= 4 is 11.6 Å². The molecule has 0 spiro atoms. The van der Waals surface area contributed by atoms with Crippen molar-refractivity contribution in [1.29, 1.82) is 0 Å². The first-order valence-electron chi connectivity index (χ1n) is 2.81. The third kappa shape index (κ3) is 1.53. The molecule has 0 fully saturated rings. The van der Waals surface area contributed by atoms with Crippen LogP contribution < -0.4 is 11.2 Å². The number of hydrogen-bond acceptors (Lipinski definition) is 2. The molecule has 1 aromatic rings. The van der Waals surface area contributed by atoms with E-state index < -0.39 is 22.8 Å². The molecule has 0 unspecified atom stereocenters. The number of halogens is 3. The first kappa shape index (κ1) is 8.92. The van der Waals surface area contributed by atoms with E-state index in [0.29, 0.717) is 6.20 Å². The molecule has 0 aliphatic heterocycles. The molecule has 0 aliphatic rings. The lowest BCUT2D eigenvalue weighted by Crippen LogP contribution is -2.29. The SMILES string of the molecule is O=c1[nH]c(=O)n(C(F)F)cc1Cl. The zero-order chi connectivity index (χ0) is 9.30. The zero-order valence-electron chi connectivity index (χ0n) is 5.55. The minimum Gasteiger partial charge on any atom is -0.273 e. The first-order valence-corrected chi connectivity index (χ1v) is 3.19. The highest BCUT2D eigenvalue weighted by Crippen LogP contribution is 2.06. The van der Waals surface area contributed by atoms with Gasteiger partial charge in [0.15, 0.2) is 0 Å². The van der Waals surface area contributed by atoms with Gasteiger partial charge in [-0.1, -0.05) is 11.6 Å². The van der Waals surface area contributed by atoms with Gasteiger partial charge in [-0.2, -0.15) is 8.78 Å². The molecule has 0 saturated carbocycles. The smallest absolute Gasteiger partial charge is 0.273 e. The number of aromatic amines is 1. The molecular weight excluding hydrogens is 194 g/mol. The number of rotatable bonds is 1. The summed E-state index contributed by atoms with van der Waals surface area (Å²) < 4.78 is 23.9. The maximum atomic E-state index is 11.9. The Morgan fingerprint density at radius 2 is 2.08 bits per heavy atom. The van der Waals surface area contributed by atoms with Crippen LogP contribution in [0.3, 0.4) is 0 Å². The molecule has 0 aromatic carbocycles. The van der Waals surface area contributed by atoms with Crippen LogP contribution in [0.2, 0.25) is 5.02 Å². The summed E-state index contributed by atoms with van der Waals surface area (Å²) in [7, 11) is 0. The Hall–Kier alpha value is -1.17. The van der Waals surface area contributed by atoms with Crippen molar-refractivity contribution in [3.05, 3.63) is 32.1 Å². The van der Waals surface area contributed by atoms with E-state index in [1.807, 2.05) is 0 Å². The molecular formula is C5H3ClF2N2O2. The van der Waals surface area contributed by atoms with E-state index >= 15 is 0 Å². The van der Waals surface area contributed by atoms with Gasteiger partial charge in [-0.15, -0.1) is 0 Å². The van der Waals surface area contributed by atoms with Gasteiger partial charge in [0.1, 0.15) is 5.02 Å². The van der Waals surface area contributed by atoms with E-state index in [1.165, 1.54) is 0 Å². The molecule has 0 amide bonds. The van der Waals surface area contributed by atoms with Crippen LogP contribution in [0, 0.1) is 0 Å². The van der Waals surface area contributed by atoms with E-state index in [4.69, 9.17) is 11.6 Å². The average molecular weight is 197 g/mol. The second-order valence-corrected chi connectivity index (χ2v) is 2.33. The molecule has 1 N–H and O–H groups in total. The lowest BCUT2D eigenvalue weighted by Gasteiger charge is -2.01. The van der Waals surface area contributed by atoms with Gasteiger partial charge >= 0.3 is 12.2 Å². The van der Waals surface area contributed by atoms with Crippen LogP contribution in [0.15, 0.2) is 15.8 Å². The first-order chi connectivity index (χ1) is 5.52. The van der Waals surface area contributed by atoms with Crippen molar-refractivity contribution in [2.75, 3.05) is 0 Å². The monoisotopic (exact) mass is 196 g/mol. The van der Waals surface area contributed by atoms with Crippen LogP contribution in [0.5, 0.6) is 0 Å². The van der Waals surface area contributed by atoms with Gasteiger partial charge in [0, 0.05) is 6.20 Å². The maximum absolute atomic E-state index is 11.9. The van der Waals surface area contributed by atoms with E-state index in [9.17, 15) is 18.4 Å². The highest BCUT2D eigenvalue weighted by molar-refractivity contribution is 6.30. The molecule has 7 heteroatoms. The van der Waals surface area contributed by atoms with Crippen molar-refractivity contribution in [3.8, 4) is 0 Å². The summed E-state index contributed by atoms with van der Waals surface area (Å²) in [4.78, 5) is 22.8. The van der Waals surface area contributed by atoms with Gasteiger partial charge in [-0.3, -0.25) is 9.78 Å². The quantitative estimate of drug-likeness (QED) is 0.715. The third-order valence-corrected chi connectivity index (χ3v) is 1.40. The normalized spacial score (nSPS) is 10.7. The second-order valence-electron chi connectivity index (χ2n) is 1.92. The highest BCUT2D eigenvalue weighted by Gasteiger charge is 2.09. The van der Waals surface area contributed by atoms with Crippen molar-refractivity contribution in [2.24, 2.45) is 0 Å². The van der Waals surface area contributed by atoms with Gasteiger partial charge in [-0.05, 0) is 0 Å². The molecule has 0 aliphatic carbocycles. The number of H-pyrrole nitrogens is 1. The predicted molar refractivity (Wildman–Crippen MR) is 37.6 cm³/mol. The average Bonchev–Trinajstić information content (AvgIpc) is 1.96. The van der Waals surface area contributed by atoms with E-state index in [2.05, 4.69) is 0 Å². The minimum absolute atomic E-state index is 0.0315. The van der Waals surface area contributed by atoms with Crippen LogP contribution >= 0.6 is 11.6 Å². The Kier molecular flexibility index (Phi) is 2.27. The fourth-order valence-electron chi connectivity index (χ4n) is 0.606. The molecule has 0 atom stereocenters. The van der Waals surface area contributed by atoms with E-state index in [0.717, 1.165) is 0 Å². The summed E-state index contributed by atoms with van der Waals surface area (Å²) in [6.07, 6.45) is 0.591. The largest absolute Gasteiger partial charge is 0.332 e. The fraction of sp³-hybridized carbons (Fsp3) is 0.200. The van der Waals surface area contributed by atoms with Crippen molar-refractivity contribution < 1.29 is 8.78 Å². The highest BCUT2D eigenvalue weighted by atomic mass is 35.5. The molecule has 1 rings (SSSR count). The molecule has 0 saturated heterocycles. The third-order valence-electron chi connectivity index (χ3n) is 1.13. The Morgan fingerprint density at radius 3 is 2.58 bits per heavy atom. The number of aromatic nitrogens is 2. The van der Waals surface area contributed by atoms with Gasteiger partial charge in [0.2, 0.25) is 0 Å². The van der Waals surface area contributed by atoms with Gasteiger partial charge < -0.3 is 0 Å². The molecule has 1 aromatic heterocycles. The molecule has 12 heavy (non-hydrogen) atoms. The lowest BCUT2D eigenvalue weighted by atomic mass is 10.6. The summed E-state index contributed by atoms with van der Waals surface area (Å²) >= 11 is 5.19. The number of nitrogens with one attached hydrogen (secondary N) is 1. The Balaban J connectivity index is 3.44. The van der Waals surface area contributed by atoms with Crippen LogP contribution in [0.4, 0.5) is 8.78 Å². The molecule has 0 radical (unpaired) electrons. The molecule has 4 nitrogen and oxygen atoms in total. The van der Waals surface area contributed by atoms with Gasteiger partial charge in [0.25, 0.3) is 5.56 Å². The summed E-state index contributed by atoms with van der Waals surface area (Å²) in [5, 5.41) is -0.449. The van der Waals surface area contributed by atoms with Crippen LogP contribution in [-0.4, -0.2) is 9.55 Å². The predicted octanol–water partition coefficient (Wildman–Crippen LogP) is 0.585. The minimum atomic E-state index is -3.01. The molecule has 1 heterocycles. The summed E-state index contributed by atoms with van der Waals surface area (Å²) in [5.41, 5.74) is -2.06. The molecule has 66 valence electrons. The number of nitrogens with zero attached hydrogens (tertiary/aromatic N) is 1. The van der Waals surface area contributed by atoms with Crippen LogP contribution in [-0.2, 0) is 0 Å². The van der Waals surface area contributed by atoms with Crippen LogP contribution in [0.25, 0.3) is 0 Å². The maximum Gasteiger partial charge on any atom is 0.332 e. The topological polar surface area (TPSA) is 54.9 Å². The summed E-state index contributed by atoms with van der Waals surface area (Å²) in [6.45, 7) is -3.01. The molecule has 0 bridgehead atoms. The standard InChI is InChI=1S/C5H3ClF2N2O2/c6-2-1-10(4(7)8)5(12)9-3(2)11/h1,4H,(H,9,11,12). The summed E-state index contributed by atoms with van der Waals surface area (Å²) in [5.74, 6) is 0. The van der Waals surface area contributed by atoms with Crippen molar-refractivity contribution in [3.63, 3.8) is 0 Å². The summed E-state index contributed by atoms with van der Waals surface area (Å²) in [6, 6.07) is 0. The van der Waals surface area contributed by atoms with Crippen LogP contribution in [0.1, 0.15) is 6.55 Å². The second kappa shape index (κ2) is 3.06. The van der Waals surface area contributed by atoms with Gasteiger partial charge in [-0.25, -0.2) is 9.36 Å². The van der Waals surface area contributed by atoms with Crippen molar-refractivity contribution in [2.45, 2.75) is 6.55 Å². The lowest BCUT2D eigenvalue weighted by molar-refractivity contribution is 0.0647. The number of alkyl halides is 2. The fourth-order valence-corrected chi connectivity index (χ4v) is 0.758. The Labute approximate surface area is 69.4 Å². The van der Waals surface area contributed by atoms with E-state index in [1.54, 1.807) is 4.98 Å². The van der Waals surface area contributed by atoms with E-state index in [-0.39, 0.29) is 4.57 Å². The Morgan fingerprint density at radius 1 is 1.50 bits per heavy atom. The van der Waals surface area contributed by atoms with Gasteiger partial charge in [0.05, 0.1) is 0 Å². The number of hydrogen-bond donors (Lipinski definition) is 1. The zero-order valence-corrected chi connectivity index (χ0v) is 6.31.